The van der Waals surface area contributed by atoms with Crippen LogP contribution in [0.3, 0.4) is 0 Å². The van der Waals surface area contributed by atoms with Crippen LogP contribution in [0.25, 0.3) is 0 Å². The zero-order valence-corrected chi connectivity index (χ0v) is 13.7. The Hall–Kier alpha value is -1.59. The van der Waals surface area contributed by atoms with Crippen molar-refractivity contribution < 1.29 is 4.79 Å². The molecule has 5 heteroatoms. The standard InChI is InChI=1S/C17H28N4O/c1-17(2,14-18)19-16(22)8-9-20-10-12-21(13-11-20)15-6-4-3-5-7-15/h3-7H,8-14,18H2,1-2H3,(H,19,22). The van der Waals surface area contributed by atoms with Crippen molar-refractivity contribution in [2.45, 2.75) is 25.8 Å². The number of hydrogen-bond acceptors (Lipinski definition) is 4. The zero-order valence-electron chi connectivity index (χ0n) is 13.7. The lowest BCUT2D eigenvalue weighted by atomic mass is 10.1. The van der Waals surface area contributed by atoms with E-state index in [1.54, 1.807) is 0 Å². The SMILES string of the molecule is CC(C)(CN)NC(=O)CCN1CCN(c2ccccc2)CC1. The van der Waals surface area contributed by atoms with Gasteiger partial charge in [0.05, 0.1) is 0 Å². The van der Waals surface area contributed by atoms with Gasteiger partial charge in [0.25, 0.3) is 0 Å². The van der Waals surface area contributed by atoms with E-state index in [-0.39, 0.29) is 11.4 Å². The molecule has 1 amide bonds. The van der Waals surface area contributed by atoms with E-state index in [1.807, 2.05) is 19.9 Å². The number of carbonyl (C=O) groups is 1. The molecule has 0 spiro atoms. The molecule has 1 saturated heterocycles. The normalized spacial score (nSPS) is 16.6. The molecule has 3 N–H and O–H groups in total. The summed E-state index contributed by atoms with van der Waals surface area (Å²) in [5.74, 6) is 0.0842. The van der Waals surface area contributed by atoms with E-state index < -0.39 is 0 Å². The number of rotatable bonds is 6. The van der Waals surface area contributed by atoms with Crippen molar-refractivity contribution in [2.24, 2.45) is 5.73 Å². The molecule has 5 nitrogen and oxygen atoms in total. The van der Waals surface area contributed by atoms with Gasteiger partial charge in [-0.05, 0) is 26.0 Å². The minimum absolute atomic E-state index is 0.0842. The van der Waals surface area contributed by atoms with Gasteiger partial charge in [-0.1, -0.05) is 18.2 Å². The summed E-state index contributed by atoms with van der Waals surface area (Å²) >= 11 is 0. The van der Waals surface area contributed by atoms with Gasteiger partial charge in [-0.2, -0.15) is 0 Å². The number of piperazine rings is 1. The summed E-state index contributed by atoms with van der Waals surface area (Å²) in [6.45, 7) is 9.20. The van der Waals surface area contributed by atoms with Crippen molar-refractivity contribution in [2.75, 3.05) is 44.2 Å². The second kappa shape index (κ2) is 7.61. The molecule has 1 aromatic rings. The number of nitrogens with zero attached hydrogens (tertiary/aromatic N) is 2. The lowest BCUT2D eigenvalue weighted by Gasteiger charge is -2.36. The molecule has 1 fully saturated rings. The van der Waals surface area contributed by atoms with Crippen molar-refractivity contribution in [3.8, 4) is 0 Å². The molecular weight excluding hydrogens is 276 g/mol. The molecule has 1 aromatic carbocycles. The van der Waals surface area contributed by atoms with Gasteiger partial charge in [-0.3, -0.25) is 9.69 Å². The smallest absolute Gasteiger partial charge is 0.221 e. The Kier molecular flexibility index (Phi) is 5.80. The first-order valence-corrected chi connectivity index (χ1v) is 8.03. The topological polar surface area (TPSA) is 61.6 Å². The van der Waals surface area contributed by atoms with Crippen LogP contribution in [0, 0.1) is 0 Å². The van der Waals surface area contributed by atoms with Crippen LogP contribution < -0.4 is 16.0 Å². The molecular formula is C17H28N4O. The Morgan fingerprint density at radius 2 is 1.82 bits per heavy atom. The summed E-state index contributed by atoms with van der Waals surface area (Å²) in [6.07, 6.45) is 0.536. The summed E-state index contributed by atoms with van der Waals surface area (Å²) in [7, 11) is 0. The number of para-hydroxylation sites is 1. The molecule has 0 bridgehead atoms. The maximum atomic E-state index is 11.9. The molecule has 0 radical (unpaired) electrons. The molecule has 0 aromatic heterocycles. The van der Waals surface area contributed by atoms with Crippen molar-refractivity contribution in [1.82, 2.24) is 10.2 Å². The zero-order chi connectivity index (χ0) is 16.0. The van der Waals surface area contributed by atoms with E-state index in [4.69, 9.17) is 5.73 Å². The van der Waals surface area contributed by atoms with Gasteiger partial charge in [0.2, 0.25) is 5.91 Å². The van der Waals surface area contributed by atoms with Crippen LogP contribution in [0.5, 0.6) is 0 Å². The fourth-order valence-electron chi connectivity index (χ4n) is 2.62. The summed E-state index contributed by atoms with van der Waals surface area (Å²) in [5, 5.41) is 2.98. The maximum absolute atomic E-state index is 11.9. The Balaban J connectivity index is 1.71. The molecule has 1 aliphatic heterocycles. The first-order chi connectivity index (χ1) is 10.5. The van der Waals surface area contributed by atoms with Crippen molar-refractivity contribution >= 4 is 11.6 Å². The number of hydrogen-bond donors (Lipinski definition) is 2. The monoisotopic (exact) mass is 304 g/mol. The number of nitrogens with two attached hydrogens (primary N) is 1. The summed E-state index contributed by atoms with van der Waals surface area (Å²) in [5.41, 5.74) is 6.60. The number of anilines is 1. The second-order valence-corrected chi connectivity index (χ2v) is 6.55. The highest BCUT2D eigenvalue weighted by Gasteiger charge is 2.20. The van der Waals surface area contributed by atoms with E-state index in [9.17, 15) is 4.79 Å². The lowest BCUT2D eigenvalue weighted by Crippen LogP contribution is -2.50. The van der Waals surface area contributed by atoms with E-state index in [0.717, 1.165) is 32.7 Å². The average molecular weight is 304 g/mol. The highest BCUT2D eigenvalue weighted by atomic mass is 16.1. The van der Waals surface area contributed by atoms with Gasteiger partial charge in [0.1, 0.15) is 0 Å². The van der Waals surface area contributed by atoms with Crippen LogP contribution in [-0.2, 0) is 4.79 Å². The second-order valence-electron chi connectivity index (χ2n) is 6.55. The number of nitrogens with one attached hydrogen (secondary N) is 1. The fraction of sp³-hybridized carbons (Fsp3) is 0.588. The third-order valence-corrected chi connectivity index (χ3v) is 4.14. The third-order valence-electron chi connectivity index (χ3n) is 4.14. The number of benzene rings is 1. The first-order valence-electron chi connectivity index (χ1n) is 8.03. The van der Waals surface area contributed by atoms with Crippen LogP contribution >= 0.6 is 0 Å². The highest BCUT2D eigenvalue weighted by Crippen LogP contribution is 2.15. The summed E-state index contributed by atoms with van der Waals surface area (Å²) < 4.78 is 0. The molecule has 0 saturated carbocycles. The molecule has 1 aliphatic rings. The van der Waals surface area contributed by atoms with Gasteiger partial charge in [0.15, 0.2) is 0 Å². The predicted octanol–water partition coefficient (Wildman–Crippen LogP) is 1.05. The maximum Gasteiger partial charge on any atom is 0.221 e. The predicted molar refractivity (Wildman–Crippen MR) is 91.0 cm³/mol. The Labute approximate surface area is 133 Å². The van der Waals surface area contributed by atoms with Crippen molar-refractivity contribution in [1.29, 1.82) is 0 Å². The average Bonchev–Trinajstić information content (AvgIpc) is 2.54. The molecule has 0 aliphatic carbocycles. The Morgan fingerprint density at radius 3 is 2.41 bits per heavy atom. The van der Waals surface area contributed by atoms with Crippen LogP contribution in [0.2, 0.25) is 0 Å². The van der Waals surface area contributed by atoms with Gasteiger partial charge < -0.3 is 16.0 Å². The molecule has 0 unspecified atom stereocenters. The number of carbonyl (C=O) groups excluding carboxylic acids is 1. The quantitative estimate of drug-likeness (QED) is 0.825. The molecule has 1 heterocycles. The van der Waals surface area contributed by atoms with Crippen molar-refractivity contribution in [3.63, 3.8) is 0 Å². The fourth-order valence-corrected chi connectivity index (χ4v) is 2.62. The van der Waals surface area contributed by atoms with E-state index in [0.29, 0.717) is 13.0 Å². The highest BCUT2D eigenvalue weighted by molar-refractivity contribution is 5.76. The summed E-state index contributed by atoms with van der Waals surface area (Å²) in [6, 6.07) is 10.5. The van der Waals surface area contributed by atoms with Crippen molar-refractivity contribution in [3.05, 3.63) is 30.3 Å². The summed E-state index contributed by atoms with van der Waals surface area (Å²) in [4.78, 5) is 16.7. The molecule has 2 rings (SSSR count). The Morgan fingerprint density at radius 1 is 1.18 bits per heavy atom. The van der Waals surface area contributed by atoms with Crippen LogP contribution in [0.1, 0.15) is 20.3 Å². The molecule has 0 atom stereocenters. The van der Waals surface area contributed by atoms with Crippen LogP contribution in [0.15, 0.2) is 30.3 Å². The van der Waals surface area contributed by atoms with E-state index in [1.165, 1.54) is 5.69 Å². The molecule has 22 heavy (non-hydrogen) atoms. The third kappa shape index (κ3) is 5.00. The van der Waals surface area contributed by atoms with E-state index >= 15 is 0 Å². The van der Waals surface area contributed by atoms with Gasteiger partial charge in [0, 0.05) is 56.9 Å². The van der Waals surface area contributed by atoms with Gasteiger partial charge in [-0.25, -0.2) is 0 Å². The number of amides is 1. The van der Waals surface area contributed by atoms with Crippen LogP contribution in [-0.4, -0.2) is 55.6 Å². The van der Waals surface area contributed by atoms with Crippen LogP contribution in [0.4, 0.5) is 5.69 Å². The van der Waals surface area contributed by atoms with E-state index in [2.05, 4.69) is 39.4 Å². The lowest BCUT2D eigenvalue weighted by molar-refractivity contribution is -0.122. The Bertz CT molecular complexity index is 467. The molecule has 122 valence electrons. The minimum Gasteiger partial charge on any atom is -0.369 e. The van der Waals surface area contributed by atoms with Gasteiger partial charge in [-0.15, -0.1) is 0 Å². The van der Waals surface area contributed by atoms with Gasteiger partial charge >= 0.3 is 0 Å². The largest absolute Gasteiger partial charge is 0.369 e. The first kappa shape index (κ1) is 16.8. The minimum atomic E-state index is -0.316.